The predicted molar refractivity (Wildman–Crippen MR) is 78.2 cm³/mol. The minimum Gasteiger partial charge on any atom is -0.393 e. The number of nitrogens with two attached hydrogens (primary N) is 1. The Hall–Kier alpha value is -1.46. The van der Waals surface area contributed by atoms with Crippen LogP contribution < -0.4 is 11.1 Å². The molecule has 0 saturated carbocycles. The van der Waals surface area contributed by atoms with Crippen molar-refractivity contribution in [2.24, 2.45) is 5.73 Å². The number of thiocarbonyl (C=S) groups is 1. The highest BCUT2D eigenvalue weighted by atomic mass is 32.1. The first-order valence-corrected chi connectivity index (χ1v) is 6.83. The zero-order chi connectivity index (χ0) is 13.7. The largest absolute Gasteiger partial charge is 0.393 e. The molecule has 1 unspecified atom stereocenters. The Morgan fingerprint density at radius 2 is 2.37 bits per heavy atom. The molecule has 0 radical (unpaired) electrons. The zero-order valence-electron chi connectivity index (χ0n) is 10.7. The van der Waals surface area contributed by atoms with Crippen LogP contribution in [0.1, 0.15) is 28.8 Å². The number of hydrogen-bond acceptors (Lipinski definition) is 3. The molecule has 1 aliphatic heterocycles. The van der Waals surface area contributed by atoms with Gasteiger partial charge in [0.2, 0.25) is 0 Å². The molecule has 1 atom stereocenters. The number of carbonyl (C=O) groups is 1. The fraction of sp³-hybridized carbons (Fsp3) is 0.429. The van der Waals surface area contributed by atoms with E-state index in [1.54, 1.807) is 6.07 Å². The summed E-state index contributed by atoms with van der Waals surface area (Å²) in [4.78, 5) is 12.4. The summed E-state index contributed by atoms with van der Waals surface area (Å²) in [6, 6.07) is 7.36. The minimum absolute atomic E-state index is 0.0831. The molecule has 1 saturated heterocycles. The summed E-state index contributed by atoms with van der Waals surface area (Å²) in [5, 5.41) is 2.89. The Kier molecular flexibility index (Phi) is 4.87. The van der Waals surface area contributed by atoms with Gasteiger partial charge in [0.25, 0.3) is 5.91 Å². The molecule has 3 N–H and O–H groups in total. The van der Waals surface area contributed by atoms with Gasteiger partial charge in [0, 0.05) is 25.1 Å². The van der Waals surface area contributed by atoms with Crippen molar-refractivity contribution in [3.63, 3.8) is 0 Å². The molecule has 4 nitrogen and oxygen atoms in total. The van der Waals surface area contributed by atoms with Crippen LogP contribution in [0.2, 0.25) is 0 Å². The maximum absolute atomic E-state index is 12.0. The molecular weight excluding hydrogens is 260 g/mol. The summed E-state index contributed by atoms with van der Waals surface area (Å²) >= 11 is 4.87. The number of benzene rings is 1. The Bertz CT molecular complexity index is 470. The molecule has 0 aliphatic carbocycles. The molecule has 0 aromatic heterocycles. The molecule has 1 amide bonds. The van der Waals surface area contributed by atoms with Crippen LogP contribution in [-0.4, -0.2) is 30.2 Å². The monoisotopic (exact) mass is 278 g/mol. The second-order valence-electron chi connectivity index (χ2n) is 4.69. The minimum atomic E-state index is -0.0831. The quantitative estimate of drug-likeness (QED) is 0.800. The van der Waals surface area contributed by atoms with Gasteiger partial charge < -0.3 is 15.8 Å². The van der Waals surface area contributed by atoms with Crippen LogP contribution in [0, 0.1) is 0 Å². The third kappa shape index (κ3) is 4.29. The highest BCUT2D eigenvalue weighted by Gasteiger charge is 2.16. The Balaban J connectivity index is 1.92. The van der Waals surface area contributed by atoms with E-state index in [4.69, 9.17) is 22.7 Å². The van der Waals surface area contributed by atoms with Crippen LogP contribution in [0.4, 0.5) is 0 Å². The number of rotatable bonds is 5. The van der Waals surface area contributed by atoms with Gasteiger partial charge in [-0.25, -0.2) is 0 Å². The highest BCUT2D eigenvalue weighted by molar-refractivity contribution is 7.80. The average Bonchev–Trinajstić information content (AvgIpc) is 2.88. The normalized spacial score (nSPS) is 18.2. The van der Waals surface area contributed by atoms with Crippen LogP contribution in [0.3, 0.4) is 0 Å². The SMILES string of the molecule is NC(=S)Cc1cccc(C(=O)NCC2CCCO2)c1. The lowest BCUT2D eigenvalue weighted by Crippen LogP contribution is -2.31. The molecular formula is C14H18N2O2S. The van der Waals surface area contributed by atoms with Crippen molar-refractivity contribution < 1.29 is 9.53 Å². The van der Waals surface area contributed by atoms with Crippen molar-refractivity contribution in [2.45, 2.75) is 25.4 Å². The molecule has 0 bridgehead atoms. The second-order valence-corrected chi connectivity index (χ2v) is 5.21. The van der Waals surface area contributed by atoms with Crippen molar-refractivity contribution in [3.8, 4) is 0 Å². The molecule has 1 aromatic rings. The maximum atomic E-state index is 12.0. The Morgan fingerprint density at radius 3 is 3.05 bits per heavy atom. The molecule has 19 heavy (non-hydrogen) atoms. The van der Waals surface area contributed by atoms with Gasteiger partial charge in [-0.1, -0.05) is 24.4 Å². The number of amides is 1. The number of ether oxygens (including phenoxy) is 1. The van der Waals surface area contributed by atoms with Crippen molar-refractivity contribution in [2.75, 3.05) is 13.2 Å². The van der Waals surface area contributed by atoms with Gasteiger partial charge in [0.15, 0.2) is 0 Å². The Morgan fingerprint density at radius 1 is 1.53 bits per heavy atom. The van der Waals surface area contributed by atoms with Crippen molar-refractivity contribution in [1.29, 1.82) is 0 Å². The van der Waals surface area contributed by atoms with Crippen LogP contribution >= 0.6 is 12.2 Å². The second kappa shape index (κ2) is 6.63. The first-order valence-electron chi connectivity index (χ1n) is 6.42. The highest BCUT2D eigenvalue weighted by Crippen LogP contribution is 2.11. The van der Waals surface area contributed by atoms with Gasteiger partial charge in [0.05, 0.1) is 11.1 Å². The topological polar surface area (TPSA) is 64.4 Å². The van der Waals surface area contributed by atoms with Gasteiger partial charge in [-0.2, -0.15) is 0 Å². The lowest BCUT2D eigenvalue weighted by molar-refractivity contribution is 0.0857. The summed E-state index contributed by atoms with van der Waals surface area (Å²) in [6.45, 7) is 1.36. The van der Waals surface area contributed by atoms with E-state index < -0.39 is 0 Å². The van der Waals surface area contributed by atoms with Crippen LogP contribution in [0.15, 0.2) is 24.3 Å². The van der Waals surface area contributed by atoms with Crippen LogP contribution in [0.25, 0.3) is 0 Å². The van der Waals surface area contributed by atoms with E-state index in [0.717, 1.165) is 25.0 Å². The smallest absolute Gasteiger partial charge is 0.251 e. The molecule has 102 valence electrons. The fourth-order valence-corrected chi connectivity index (χ4v) is 2.30. The van der Waals surface area contributed by atoms with Gasteiger partial charge in [-0.15, -0.1) is 0 Å². The summed E-state index contributed by atoms with van der Waals surface area (Å²) in [5.41, 5.74) is 7.09. The fourth-order valence-electron chi connectivity index (χ4n) is 2.14. The third-order valence-electron chi connectivity index (χ3n) is 3.08. The van der Waals surface area contributed by atoms with E-state index in [9.17, 15) is 4.79 Å². The number of nitrogens with one attached hydrogen (secondary N) is 1. The van der Waals surface area contributed by atoms with Crippen LogP contribution in [-0.2, 0) is 11.2 Å². The lowest BCUT2D eigenvalue weighted by Gasteiger charge is -2.11. The van der Waals surface area contributed by atoms with Gasteiger partial charge in [0.1, 0.15) is 0 Å². The Labute approximate surface area is 118 Å². The lowest BCUT2D eigenvalue weighted by atomic mass is 10.1. The van der Waals surface area contributed by atoms with E-state index in [0.29, 0.717) is 23.5 Å². The summed E-state index contributed by atoms with van der Waals surface area (Å²) in [7, 11) is 0. The average molecular weight is 278 g/mol. The standard InChI is InChI=1S/C14H18N2O2S/c15-13(19)8-10-3-1-4-11(7-10)14(17)16-9-12-5-2-6-18-12/h1,3-4,7,12H,2,5-6,8-9H2,(H2,15,19)(H,16,17). The molecule has 2 rings (SSSR count). The van der Waals surface area contributed by atoms with Gasteiger partial charge >= 0.3 is 0 Å². The molecule has 1 fully saturated rings. The van der Waals surface area contributed by atoms with E-state index in [1.807, 2.05) is 18.2 Å². The number of carbonyl (C=O) groups excluding carboxylic acids is 1. The van der Waals surface area contributed by atoms with E-state index in [2.05, 4.69) is 5.32 Å². The molecule has 0 spiro atoms. The first-order chi connectivity index (χ1) is 9.15. The first kappa shape index (κ1) is 14.0. The van der Waals surface area contributed by atoms with E-state index >= 15 is 0 Å². The van der Waals surface area contributed by atoms with Crippen molar-refractivity contribution >= 4 is 23.1 Å². The number of hydrogen-bond donors (Lipinski definition) is 2. The van der Waals surface area contributed by atoms with Crippen molar-refractivity contribution in [3.05, 3.63) is 35.4 Å². The summed E-state index contributed by atoms with van der Waals surface area (Å²) in [5.74, 6) is -0.0831. The van der Waals surface area contributed by atoms with E-state index in [-0.39, 0.29) is 12.0 Å². The molecule has 1 heterocycles. The predicted octanol–water partition coefficient (Wildman–Crippen LogP) is 1.42. The third-order valence-corrected chi connectivity index (χ3v) is 3.23. The molecule has 5 heteroatoms. The van der Waals surface area contributed by atoms with Crippen molar-refractivity contribution in [1.82, 2.24) is 5.32 Å². The zero-order valence-corrected chi connectivity index (χ0v) is 11.5. The summed E-state index contributed by atoms with van der Waals surface area (Å²) < 4.78 is 5.47. The van der Waals surface area contributed by atoms with Gasteiger partial charge in [-0.05, 0) is 30.5 Å². The molecule has 1 aromatic carbocycles. The van der Waals surface area contributed by atoms with E-state index in [1.165, 1.54) is 0 Å². The molecule has 1 aliphatic rings. The van der Waals surface area contributed by atoms with Gasteiger partial charge in [-0.3, -0.25) is 4.79 Å². The maximum Gasteiger partial charge on any atom is 0.251 e. The van der Waals surface area contributed by atoms with Crippen LogP contribution in [0.5, 0.6) is 0 Å². The summed E-state index contributed by atoms with van der Waals surface area (Å²) in [6.07, 6.45) is 2.76.